The molecule has 0 saturated carbocycles. The Morgan fingerprint density at radius 2 is 2.00 bits per heavy atom. The SMILES string of the molecule is COC1(C(O)c2cccc3cccnc23)CCOCC1. The molecule has 1 unspecified atom stereocenters. The highest BCUT2D eigenvalue weighted by Crippen LogP contribution is 2.39. The van der Waals surface area contributed by atoms with Gasteiger partial charge in [-0.1, -0.05) is 24.3 Å². The summed E-state index contributed by atoms with van der Waals surface area (Å²) in [6.07, 6.45) is 2.43. The predicted molar refractivity (Wildman–Crippen MR) is 76.5 cm³/mol. The molecule has 1 aliphatic rings. The first-order chi connectivity index (χ1) is 9.77. The molecule has 0 spiro atoms. The van der Waals surface area contributed by atoms with E-state index in [1.54, 1.807) is 13.3 Å². The van der Waals surface area contributed by atoms with E-state index in [4.69, 9.17) is 9.47 Å². The van der Waals surface area contributed by atoms with E-state index in [1.807, 2.05) is 30.3 Å². The van der Waals surface area contributed by atoms with Crippen molar-refractivity contribution in [3.63, 3.8) is 0 Å². The second-order valence-corrected chi connectivity index (χ2v) is 5.21. The summed E-state index contributed by atoms with van der Waals surface area (Å²) in [6, 6.07) is 9.78. The maximum absolute atomic E-state index is 10.9. The van der Waals surface area contributed by atoms with Crippen molar-refractivity contribution in [2.24, 2.45) is 0 Å². The summed E-state index contributed by atoms with van der Waals surface area (Å²) < 4.78 is 11.1. The molecule has 0 bridgehead atoms. The smallest absolute Gasteiger partial charge is 0.110 e. The minimum Gasteiger partial charge on any atom is -0.385 e. The number of pyridine rings is 1. The number of rotatable bonds is 3. The topological polar surface area (TPSA) is 51.6 Å². The molecule has 1 fully saturated rings. The van der Waals surface area contributed by atoms with Crippen LogP contribution in [0.25, 0.3) is 10.9 Å². The lowest BCUT2D eigenvalue weighted by Crippen LogP contribution is -2.43. The molecule has 4 heteroatoms. The first kappa shape index (κ1) is 13.5. The van der Waals surface area contributed by atoms with Gasteiger partial charge in [0.15, 0.2) is 0 Å². The number of hydrogen-bond acceptors (Lipinski definition) is 4. The monoisotopic (exact) mass is 273 g/mol. The van der Waals surface area contributed by atoms with Crippen molar-refractivity contribution in [3.05, 3.63) is 42.1 Å². The van der Waals surface area contributed by atoms with Crippen molar-refractivity contribution < 1.29 is 14.6 Å². The maximum atomic E-state index is 10.9. The molecule has 0 amide bonds. The molecule has 1 saturated heterocycles. The van der Waals surface area contributed by atoms with Gasteiger partial charge in [0.2, 0.25) is 0 Å². The van der Waals surface area contributed by atoms with E-state index in [0.29, 0.717) is 26.1 Å². The molecule has 1 N–H and O–H groups in total. The van der Waals surface area contributed by atoms with Gasteiger partial charge in [0.05, 0.1) is 5.52 Å². The molecule has 20 heavy (non-hydrogen) atoms. The summed E-state index contributed by atoms with van der Waals surface area (Å²) in [5.41, 5.74) is 1.08. The van der Waals surface area contributed by atoms with Crippen LogP contribution < -0.4 is 0 Å². The normalized spacial score (nSPS) is 19.9. The van der Waals surface area contributed by atoms with Crippen molar-refractivity contribution in [2.75, 3.05) is 20.3 Å². The fourth-order valence-electron chi connectivity index (χ4n) is 2.94. The van der Waals surface area contributed by atoms with Crippen molar-refractivity contribution in [1.29, 1.82) is 0 Å². The van der Waals surface area contributed by atoms with Gasteiger partial charge in [-0.25, -0.2) is 0 Å². The summed E-state index contributed by atoms with van der Waals surface area (Å²) in [4.78, 5) is 4.42. The van der Waals surface area contributed by atoms with Gasteiger partial charge < -0.3 is 14.6 Å². The van der Waals surface area contributed by atoms with Crippen LogP contribution in [0.2, 0.25) is 0 Å². The van der Waals surface area contributed by atoms with E-state index in [9.17, 15) is 5.11 Å². The zero-order chi connectivity index (χ0) is 14.0. The van der Waals surface area contributed by atoms with Crippen LogP contribution in [0.5, 0.6) is 0 Å². The molecule has 1 atom stereocenters. The number of hydrogen-bond donors (Lipinski definition) is 1. The molecular weight excluding hydrogens is 254 g/mol. The van der Waals surface area contributed by atoms with Gasteiger partial charge in [-0.2, -0.15) is 0 Å². The number of para-hydroxylation sites is 1. The Kier molecular flexibility index (Phi) is 3.70. The molecule has 0 aliphatic carbocycles. The zero-order valence-electron chi connectivity index (χ0n) is 11.6. The van der Waals surface area contributed by atoms with Crippen molar-refractivity contribution in [2.45, 2.75) is 24.5 Å². The van der Waals surface area contributed by atoms with E-state index in [0.717, 1.165) is 16.5 Å². The third kappa shape index (κ3) is 2.20. The van der Waals surface area contributed by atoms with Crippen LogP contribution >= 0.6 is 0 Å². The Morgan fingerprint density at radius 1 is 1.25 bits per heavy atom. The number of aromatic nitrogens is 1. The van der Waals surface area contributed by atoms with Crippen LogP contribution in [0.3, 0.4) is 0 Å². The number of benzene rings is 1. The lowest BCUT2D eigenvalue weighted by molar-refractivity contribution is -0.154. The summed E-state index contributed by atoms with van der Waals surface area (Å²) in [7, 11) is 1.66. The summed E-state index contributed by atoms with van der Waals surface area (Å²) in [5.74, 6) is 0. The fourth-order valence-corrected chi connectivity index (χ4v) is 2.94. The van der Waals surface area contributed by atoms with Crippen molar-refractivity contribution >= 4 is 10.9 Å². The first-order valence-corrected chi connectivity index (χ1v) is 6.91. The number of nitrogens with zero attached hydrogens (tertiary/aromatic N) is 1. The quantitative estimate of drug-likeness (QED) is 0.933. The lowest BCUT2D eigenvalue weighted by Gasteiger charge is -2.40. The molecule has 1 aliphatic heterocycles. The summed E-state index contributed by atoms with van der Waals surface area (Å²) in [6.45, 7) is 1.23. The van der Waals surface area contributed by atoms with Crippen LogP contribution in [-0.2, 0) is 9.47 Å². The Balaban J connectivity index is 2.05. The fraction of sp³-hybridized carbons (Fsp3) is 0.438. The first-order valence-electron chi connectivity index (χ1n) is 6.91. The number of methoxy groups -OCH3 is 1. The largest absolute Gasteiger partial charge is 0.385 e. The van der Waals surface area contributed by atoms with Crippen LogP contribution in [0.1, 0.15) is 24.5 Å². The Labute approximate surface area is 118 Å². The Hall–Kier alpha value is -1.49. The number of ether oxygens (including phenoxy) is 2. The highest BCUT2D eigenvalue weighted by Gasteiger charge is 2.41. The van der Waals surface area contributed by atoms with E-state index in [-0.39, 0.29) is 0 Å². The van der Waals surface area contributed by atoms with Crippen LogP contribution in [0.15, 0.2) is 36.5 Å². The van der Waals surface area contributed by atoms with Gasteiger partial charge in [0.25, 0.3) is 0 Å². The lowest BCUT2D eigenvalue weighted by atomic mass is 9.83. The van der Waals surface area contributed by atoms with Gasteiger partial charge >= 0.3 is 0 Å². The van der Waals surface area contributed by atoms with E-state index in [1.165, 1.54) is 0 Å². The number of fused-ring (bicyclic) bond motifs is 1. The van der Waals surface area contributed by atoms with E-state index < -0.39 is 11.7 Å². The van der Waals surface area contributed by atoms with E-state index in [2.05, 4.69) is 4.98 Å². The average Bonchev–Trinajstić information content (AvgIpc) is 2.54. The molecular formula is C16H19NO3. The highest BCUT2D eigenvalue weighted by atomic mass is 16.5. The van der Waals surface area contributed by atoms with Gasteiger partial charge in [0, 0.05) is 50.3 Å². The second kappa shape index (κ2) is 5.48. The molecule has 2 heterocycles. The van der Waals surface area contributed by atoms with Crippen LogP contribution in [0, 0.1) is 0 Å². The van der Waals surface area contributed by atoms with E-state index >= 15 is 0 Å². The molecule has 0 radical (unpaired) electrons. The summed E-state index contributed by atoms with van der Waals surface area (Å²) in [5, 5.41) is 11.9. The van der Waals surface area contributed by atoms with Gasteiger partial charge in [-0.3, -0.25) is 4.98 Å². The summed E-state index contributed by atoms with van der Waals surface area (Å²) >= 11 is 0. The Bertz CT molecular complexity index is 588. The van der Waals surface area contributed by atoms with Gasteiger partial charge in [-0.05, 0) is 6.07 Å². The van der Waals surface area contributed by atoms with Crippen molar-refractivity contribution in [3.8, 4) is 0 Å². The van der Waals surface area contributed by atoms with Crippen LogP contribution in [-0.4, -0.2) is 36.0 Å². The molecule has 3 rings (SSSR count). The molecule has 1 aromatic heterocycles. The molecule has 2 aromatic rings. The highest BCUT2D eigenvalue weighted by molar-refractivity contribution is 5.82. The molecule has 4 nitrogen and oxygen atoms in total. The third-order valence-electron chi connectivity index (χ3n) is 4.20. The molecule has 1 aromatic carbocycles. The average molecular weight is 273 g/mol. The minimum atomic E-state index is -0.699. The Morgan fingerprint density at radius 3 is 2.75 bits per heavy atom. The standard InChI is InChI=1S/C16H19NO3/c1-19-16(7-10-20-11-8-16)15(18)13-6-2-4-12-5-3-9-17-14(12)13/h2-6,9,15,18H,7-8,10-11H2,1H3. The third-order valence-corrected chi connectivity index (χ3v) is 4.20. The number of aliphatic hydroxyl groups is 1. The zero-order valence-corrected chi connectivity index (χ0v) is 11.6. The number of aliphatic hydroxyl groups excluding tert-OH is 1. The van der Waals surface area contributed by atoms with Crippen molar-refractivity contribution in [1.82, 2.24) is 4.98 Å². The maximum Gasteiger partial charge on any atom is 0.110 e. The molecule has 106 valence electrons. The van der Waals surface area contributed by atoms with Crippen LogP contribution in [0.4, 0.5) is 0 Å². The van der Waals surface area contributed by atoms with Gasteiger partial charge in [0.1, 0.15) is 11.7 Å². The second-order valence-electron chi connectivity index (χ2n) is 5.21. The van der Waals surface area contributed by atoms with Gasteiger partial charge in [-0.15, -0.1) is 0 Å². The minimum absolute atomic E-state index is 0.579. The predicted octanol–water partition coefficient (Wildman–Crippen LogP) is 2.46.